The van der Waals surface area contributed by atoms with Crippen molar-refractivity contribution in [1.29, 1.82) is 0 Å². The molecular weight excluding hydrogens is 351 g/mol. The zero-order valence-corrected chi connectivity index (χ0v) is 13.7. The monoisotopic (exact) mass is 368 g/mol. The van der Waals surface area contributed by atoms with Gasteiger partial charge < -0.3 is 5.32 Å². The van der Waals surface area contributed by atoms with Crippen LogP contribution in [-0.4, -0.2) is 22.0 Å². The van der Waals surface area contributed by atoms with Crippen LogP contribution in [0.1, 0.15) is 26.5 Å². The molecule has 0 saturated heterocycles. The van der Waals surface area contributed by atoms with Crippen LogP contribution in [0.2, 0.25) is 0 Å². The Kier molecular flexibility index (Phi) is 4.03. The Hall–Kier alpha value is -1.24. The lowest BCUT2D eigenvalue weighted by Gasteiger charge is -2.21. The number of pyridine rings is 1. The lowest BCUT2D eigenvalue weighted by atomic mass is 9.91. The number of hydrogen-bond acceptors (Lipinski definition) is 4. The first kappa shape index (κ1) is 14.2. The molecule has 0 aliphatic rings. The van der Waals surface area contributed by atoms with Crippen molar-refractivity contribution in [2.24, 2.45) is 0 Å². The van der Waals surface area contributed by atoms with Gasteiger partial charge in [-0.15, -0.1) is 0 Å². The van der Waals surface area contributed by atoms with E-state index in [1.54, 1.807) is 12.4 Å². The molecule has 2 rings (SSSR count). The summed E-state index contributed by atoms with van der Waals surface area (Å²) in [7, 11) is 1.88. The van der Waals surface area contributed by atoms with Gasteiger partial charge in [-0.2, -0.15) is 0 Å². The van der Waals surface area contributed by atoms with Crippen molar-refractivity contribution in [1.82, 2.24) is 15.0 Å². The van der Waals surface area contributed by atoms with Gasteiger partial charge in [0.1, 0.15) is 5.82 Å². The van der Waals surface area contributed by atoms with E-state index in [1.807, 2.05) is 19.2 Å². The van der Waals surface area contributed by atoms with E-state index >= 15 is 0 Å². The summed E-state index contributed by atoms with van der Waals surface area (Å²) in [6.07, 6.45) is 3.51. The van der Waals surface area contributed by atoms with Gasteiger partial charge in [0.2, 0.25) is 0 Å². The number of nitrogens with one attached hydrogen (secondary N) is 1. The van der Waals surface area contributed by atoms with Gasteiger partial charge in [0, 0.05) is 30.4 Å². The summed E-state index contributed by atoms with van der Waals surface area (Å²) in [6, 6.07) is 3.85. The molecule has 0 aliphatic carbocycles. The second-order valence-electron chi connectivity index (χ2n) is 5.29. The summed E-state index contributed by atoms with van der Waals surface area (Å²) in [5.74, 6) is 1.60. The largest absolute Gasteiger partial charge is 0.372 e. The minimum Gasteiger partial charge on any atom is -0.372 e. The van der Waals surface area contributed by atoms with Crippen molar-refractivity contribution in [3.8, 4) is 11.4 Å². The Morgan fingerprint density at radius 2 is 1.74 bits per heavy atom. The molecule has 0 saturated carbocycles. The fourth-order valence-electron chi connectivity index (χ4n) is 1.74. The van der Waals surface area contributed by atoms with Crippen LogP contribution in [0.3, 0.4) is 0 Å². The molecule has 5 heteroatoms. The maximum absolute atomic E-state index is 4.74. The van der Waals surface area contributed by atoms with Crippen LogP contribution >= 0.6 is 22.6 Å². The highest BCUT2D eigenvalue weighted by molar-refractivity contribution is 14.1. The molecule has 1 N–H and O–H groups in total. The van der Waals surface area contributed by atoms with E-state index in [2.05, 4.69) is 58.6 Å². The van der Waals surface area contributed by atoms with Crippen LogP contribution in [0, 0.1) is 3.57 Å². The van der Waals surface area contributed by atoms with Gasteiger partial charge in [0.25, 0.3) is 0 Å². The summed E-state index contributed by atoms with van der Waals surface area (Å²) in [5, 5.41) is 3.14. The van der Waals surface area contributed by atoms with E-state index in [-0.39, 0.29) is 5.41 Å². The molecule has 0 aromatic carbocycles. The van der Waals surface area contributed by atoms with E-state index in [0.717, 1.165) is 26.5 Å². The molecule has 100 valence electrons. The number of aromatic nitrogens is 3. The lowest BCUT2D eigenvalue weighted by Crippen LogP contribution is -2.18. The lowest BCUT2D eigenvalue weighted by molar-refractivity contribution is 0.564. The average Bonchev–Trinajstić information content (AvgIpc) is 2.38. The smallest absolute Gasteiger partial charge is 0.161 e. The van der Waals surface area contributed by atoms with Gasteiger partial charge in [-0.25, -0.2) is 9.97 Å². The minimum atomic E-state index is -0.0210. The van der Waals surface area contributed by atoms with Crippen molar-refractivity contribution in [3.05, 3.63) is 33.8 Å². The Bertz CT molecular complexity index is 576. The maximum atomic E-state index is 4.74. The molecule has 0 aliphatic heterocycles. The molecule has 2 aromatic heterocycles. The predicted molar refractivity (Wildman–Crippen MR) is 86.2 cm³/mol. The van der Waals surface area contributed by atoms with E-state index in [0.29, 0.717) is 0 Å². The molecule has 0 unspecified atom stereocenters. The molecule has 0 atom stereocenters. The molecule has 0 amide bonds. The Morgan fingerprint density at radius 3 is 2.26 bits per heavy atom. The third-order valence-electron chi connectivity index (χ3n) is 2.74. The fourth-order valence-corrected chi connectivity index (χ4v) is 3.06. The van der Waals surface area contributed by atoms with Crippen LogP contribution < -0.4 is 5.32 Å². The molecule has 0 fully saturated rings. The number of rotatable bonds is 2. The highest BCUT2D eigenvalue weighted by Crippen LogP contribution is 2.31. The summed E-state index contributed by atoms with van der Waals surface area (Å²) in [5.41, 5.74) is 2.01. The van der Waals surface area contributed by atoms with E-state index in [4.69, 9.17) is 4.98 Å². The van der Waals surface area contributed by atoms with Crippen LogP contribution in [0.4, 0.5) is 5.82 Å². The second kappa shape index (κ2) is 5.40. The zero-order chi connectivity index (χ0) is 14.0. The SMILES string of the molecule is CNc1nc(-c2ccncc2)nc(C(C)(C)C)c1I. The number of nitrogens with zero attached hydrogens (tertiary/aromatic N) is 3. The average molecular weight is 368 g/mol. The summed E-state index contributed by atoms with van der Waals surface area (Å²) < 4.78 is 1.07. The van der Waals surface area contributed by atoms with Crippen molar-refractivity contribution in [2.45, 2.75) is 26.2 Å². The Labute approximate surface area is 127 Å². The van der Waals surface area contributed by atoms with Gasteiger partial charge in [-0.3, -0.25) is 4.98 Å². The van der Waals surface area contributed by atoms with Crippen LogP contribution in [0.5, 0.6) is 0 Å². The molecule has 2 heterocycles. The van der Waals surface area contributed by atoms with E-state index in [9.17, 15) is 0 Å². The summed E-state index contributed by atoms with van der Waals surface area (Å²) in [4.78, 5) is 13.3. The quantitative estimate of drug-likeness (QED) is 0.825. The van der Waals surface area contributed by atoms with Crippen LogP contribution in [0.15, 0.2) is 24.5 Å². The minimum absolute atomic E-state index is 0.0210. The number of anilines is 1. The molecule has 4 nitrogen and oxygen atoms in total. The first-order valence-corrected chi connectivity index (χ1v) is 7.17. The molecule has 2 aromatic rings. The highest BCUT2D eigenvalue weighted by atomic mass is 127. The Morgan fingerprint density at radius 1 is 1.11 bits per heavy atom. The Balaban J connectivity index is 2.65. The normalized spacial score (nSPS) is 11.4. The van der Waals surface area contributed by atoms with Crippen molar-refractivity contribution in [2.75, 3.05) is 12.4 Å². The molecule has 19 heavy (non-hydrogen) atoms. The van der Waals surface area contributed by atoms with Gasteiger partial charge in [-0.05, 0) is 34.7 Å². The first-order chi connectivity index (χ1) is 8.93. The van der Waals surface area contributed by atoms with Gasteiger partial charge in [0.15, 0.2) is 5.82 Å². The van der Waals surface area contributed by atoms with Crippen molar-refractivity contribution >= 4 is 28.4 Å². The summed E-state index contributed by atoms with van der Waals surface area (Å²) >= 11 is 2.30. The highest BCUT2D eigenvalue weighted by Gasteiger charge is 2.23. The van der Waals surface area contributed by atoms with E-state index in [1.165, 1.54) is 0 Å². The number of halogens is 1. The maximum Gasteiger partial charge on any atom is 0.161 e. The molecule has 0 spiro atoms. The van der Waals surface area contributed by atoms with Crippen LogP contribution in [0.25, 0.3) is 11.4 Å². The topological polar surface area (TPSA) is 50.7 Å². The number of hydrogen-bond donors (Lipinski definition) is 1. The standard InChI is InChI=1S/C14H17IN4/c1-14(2,3)11-10(15)13(16-4)19-12(18-11)9-5-7-17-8-6-9/h5-8H,1-4H3,(H,16,18,19). The van der Waals surface area contributed by atoms with Crippen molar-refractivity contribution in [3.63, 3.8) is 0 Å². The molecular formula is C14H17IN4. The zero-order valence-electron chi connectivity index (χ0n) is 11.5. The molecule has 0 bridgehead atoms. The van der Waals surface area contributed by atoms with Crippen LogP contribution in [-0.2, 0) is 5.41 Å². The third kappa shape index (κ3) is 3.02. The van der Waals surface area contributed by atoms with Crippen molar-refractivity contribution < 1.29 is 0 Å². The van der Waals surface area contributed by atoms with Gasteiger partial charge in [-0.1, -0.05) is 20.8 Å². The predicted octanol–water partition coefficient (Wildman–Crippen LogP) is 3.48. The fraction of sp³-hybridized carbons (Fsp3) is 0.357. The molecule has 0 radical (unpaired) electrons. The summed E-state index contributed by atoms with van der Waals surface area (Å²) in [6.45, 7) is 6.48. The van der Waals surface area contributed by atoms with Gasteiger partial charge >= 0.3 is 0 Å². The van der Waals surface area contributed by atoms with Gasteiger partial charge in [0.05, 0.1) is 9.26 Å². The third-order valence-corrected chi connectivity index (χ3v) is 3.76. The second-order valence-corrected chi connectivity index (χ2v) is 6.37. The first-order valence-electron chi connectivity index (χ1n) is 6.09. The van der Waals surface area contributed by atoms with E-state index < -0.39 is 0 Å².